The van der Waals surface area contributed by atoms with Gasteiger partial charge in [-0.3, -0.25) is 4.79 Å². The average Bonchev–Trinajstić information content (AvgIpc) is 2.64. The Bertz CT molecular complexity index is 1010. The second-order valence-corrected chi connectivity index (χ2v) is 7.12. The number of rotatable bonds is 5. The molecule has 0 spiro atoms. The number of benzene rings is 3. The lowest BCUT2D eigenvalue weighted by atomic mass is 10.1. The third-order valence-corrected chi connectivity index (χ3v) is 4.62. The van der Waals surface area contributed by atoms with Gasteiger partial charge < -0.3 is 9.84 Å². The lowest BCUT2D eigenvalue weighted by Crippen LogP contribution is -2.24. The molecule has 0 radical (unpaired) electrons. The van der Waals surface area contributed by atoms with Crippen molar-refractivity contribution in [2.75, 3.05) is 6.61 Å². The van der Waals surface area contributed by atoms with Crippen molar-refractivity contribution in [2.45, 2.75) is 13.8 Å². The second kappa shape index (κ2) is 8.22. The molecule has 0 aliphatic carbocycles. The molecule has 0 unspecified atom stereocenters. The number of hydrogen-bond acceptors (Lipinski definition) is 4. The number of carbonyl (C=O) groups is 1. The van der Waals surface area contributed by atoms with Crippen molar-refractivity contribution in [1.29, 1.82) is 0 Å². The third-order valence-electron chi connectivity index (χ3n) is 4.02. The molecule has 0 saturated heterocycles. The van der Waals surface area contributed by atoms with Gasteiger partial charge in [-0.05, 0) is 75.9 Å². The van der Waals surface area contributed by atoms with E-state index in [1.807, 2.05) is 37.3 Å². The van der Waals surface area contributed by atoms with E-state index in [-0.39, 0.29) is 18.3 Å². The molecule has 138 valence electrons. The number of carbonyl (C=O) groups excluding carboxylic acids is 1. The lowest BCUT2D eigenvalue weighted by molar-refractivity contribution is -0.123. The molecular formula is C21H19BrN2O3. The normalized spacial score (nSPS) is 11.1. The number of phenolic OH excluding ortho intramolecular Hbond substituents is 1. The van der Waals surface area contributed by atoms with Gasteiger partial charge in [-0.2, -0.15) is 5.10 Å². The summed E-state index contributed by atoms with van der Waals surface area (Å²) in [5.41, 5.74) is 5.09. The van der Waals surface area contributed by atoms with E-state index in [4.69, 9.17) is 4.74 Å². The molecule has 3 aromatic carbocycles. The van der Waals surface area contributed by atoms with Crippen molar-refractivity contribution in [2.24, 2.45) is 5.10 Å². The smallest absolute Gasteiger partial charge is 0.277 e. The molecule has 0 fully saturated rings. The molecule has 0 atom stereocenters. The van der Waals surface area contributed by atoms with Crippen molar-refractivity contribution in [3.63, 3.8) is 0 Å². The minimum Gasteiger partial charge on any atom is -0.506 e. The van der Waals surface area contributed by atoms with Crippen LogP contribution in [0.4, 0.5) is 0 Å². The Morgan fingerprint density at radius 1 is 1.15 bits per heavy atom. The number of hydrogen-bond donors (Lipinski definition) is 2. The number of amides is 1. The standard InChI is InChI=1S/C21H19BrN2O3/c1-13-3-4-17-10-18(6-5-16(17)7-13)27-12-20(25)24-23-11-15-8-14(2)21(26)19(22)9-15/h3-11,26H,12H2,1-2H3,(H,24,25)/b23-11+. The maximum Gasteiger partial charge on any atom is 0.277 e. The number of nitrogens with one attached hydrogen (secondary N) is 1. The quantitative estimate of drug-likeness (QED) is 0.467. The molecule has 6 heteroatoms. The zero-order valence-corrected chi connectivity index (χ0v) is 16.6. The molecule has 5 nitrogen and oxygen atoms in total. The van der Waals surface area contributed by atoms with Crippen LogP contribution in [-0.4, -0.2) is 23.8 Å². The number of halogens is 1. The Balaban J connectivity index is 1.56. The Kier molecular flexibility index (Phi) is 5.76. The van der Waals surface area contributed by atoms with E-state index in [1.165, 1.54) is 11.8 Å². The van der Waals surface area contributed by atoms with Gasteiger partial charge in [-0.15, -0.1) is 0 Å². The highest BCUT2D eigenvalue weighted by Crippen LogP contribution is 2.28. The number of fused-ring (bicyclic) bond motifs is 1. The Hall–Kier alpha value is -2.86. The van der Waals surface area contributed by atoms with Crippen LogP contribution in [0.25, 0.3) is 10.8 Å². The fourth-order valence-corrected chi connectivity index (χ4v) is 3.21. The largest absolute Gasteiger partial charge is 0.506 e. The van der Waals surface area contributed by atoms with Crippen molar-refractivity contribution >= 4 is 38.8 Å². The minimum atomic E-state index is -0.357. The molecule has 1 amide bonds. The highest BCUT2D eigenvalue weighted by atomic mass is 79.9. The monoisotopic (exact) mass is 426 g/mol. The molecule has 2 N–H and O–H groups in total. The minimum absolute atomic E-state index is 0.132. The van der Waals surface area contributed by atoms with Crippen LogP contribution in [0.15, 0.2) is 58.1 Å². The van der Waals surface area contributed by atoms with Gasteiger partial charge in [0.15, 0.2) is 6.61 Å². The van der Waals surface area contributed by atoms with Crippen molar-refractivity contribution in [3.05, 3.63) is 69.7 Å². The van der Waals surface area contributed by atoms with Crippen LogP contribution in [0.3, 0.4) is 0 Å². The fraction of sp³-hybridized carbons (Fsp3) is 0.143. The SMILES string of the molecule is Cc1ccc2cc(OCC(=O)N/N=C/c3cc(C)c(O)c(Br)c3)ccc2c1. The first kappa shape index (κ1) is 18.9. The number of hydrazone groups is 1. The molecule has 0 aromatic heterocycles. The van der Waals surface area contributed by atoms with E-state index in [0.29, 0.717) is 15.8 Å². The molecule has 3 aromatic rings. The van der Waals surface area contributed by atoms with Crippen LogP contribution in [0, 0.1) is 13.8 Å². The van der Waals surface area contributed by atoms with Gasteiger partial charge in [0, 0.05) is 0 Å². The fourth-order valence-electron chi connectivity index (χ4n) is 2.63. The number of ether oxygens (including phenoxy) is 1. The van der Waals surface area contributed by atoms with Crippen LogP contribution in [0.5, 0.6) is 11.5 Å². The maximum atomic E-state index is 11.9. The summed E-state index contributed by atoms with van der Waals surface area (Å²) in [7, 11) is 0. The van der Waals surface area contributed by atoms with Crippen LogP contribution in [-0.2, 0) is 4.79 Å². The van der Waals surface area contributed by atoms with E-state index in [1.54, 1.807) is 19.1 Å². The van der Waals surface area contributed by atoms with Gasteiger partial charge in [-0.1, -0.05) is 29.8 Å². The van der Waals surface area contributed by atoms with Gasteiger partial charge in [-0.25, -0.2) is 5.43 Å². The van der Waals surface area contributed by atoms with E-state index >= 15 is 0 Å². The van der Waals surface area contributed by atoms with Crippen LogP contribution in [0.2, 0.25) is 0 Å². The summed E-state index contributed by atoms with van der Waals surface area (Å²) in [5, 5.41) is 15.8. The zero-order valence-electron chi connectivity index (χ0n) is 15.0. The van der Waals surface area contributed by atoms with E-state index in [9.17, 15) is 9.90 Å². The summed E-state index contributed by atoms with van der Waals surface area (Å²) in [6.07, 6.45) is 1.51. The summed E-state index contributed by atoms with van der Waals surface area (Å²) >= 11 is 3.27. The van der Waals surface area contributed by atoms with Gasteiger partial charge >= 0.3 is 0 Å². The Labute approximate surface area is 165 Å². The summed E-state index contributed by atoms with van der Waals surface area (Å²) < 4.78 is 6.11. The number of phenols is 1. The Morgan fingerprint density at radius 2 is 1.89 bits per heavy atom. The molecule has 27 heavy (non-hydrogen) atoms. The first-order valence-corrected chi connectivity index (χ1v) is 9.16. The summed E-state index contributed by atoms with van der Waals surface area (Å²) in [4.78, 5) is 11.9. The Morgan fingerprint density at radius 3 is 2.67 bits per heavy atom. The predicted octanol–water partition coefficient (Wildman–Crippen LogP) is 4.45. The van der Waals surface area contributed by atoms with E-state index in [2.05, 4.69) is 32.5 Å². The molecule has 0 saturated carbocycles. The average molecular weight is 427 g/mol. The van der Waals surface area contributed by atoms with Gasteiger partial charge in [0.25, 0.3) is 5.91 Å². The number of aryl methyl sites for hydroxylation is 2. The second-order valence-electron chi connectivity index (χ2n) is 6.26. The van der Waals surface area contributed by atoms with Crippen LogP contribution >= 0.6 is 15.9 Å². The predicted molar refractivity (Wildman–Crippen MR) is 110 cm³/mol. The molecule has 3 rings (SSSR count). The molecule has 0 aliphatic rings. The van der Waals surface area contributed by atoms with Gasteiger partial charge in [0.2, 0.25) is 0 Å². The van der Waals surface area contributed by atoms with E-state index in [0.717, 1.165) is 16.3 Å². The first-order valence-electron chi connectivity index (χ1n) is 8.36. The number of aromatic hydroxyl groups is 1. The summed E-state index contributed by atoms with van der Waals surface area (Å²) in [6, 6.07) is 15.4. The highest BCUT2D eigenvalue weighted by molar-refractivity contribution is 9.10. The topological polar surface area (TPSA) is 70.9 Å². The third kappa shape index (κ3) is 4.86. The van der Waals surface area contributed by atoms with Crippen LogP contribution < -0.4 is 10.2 Å². The summed E-state index contributed by atoms with van der Waals surface area (Å²) in [6.45, 7) is 3.70. The first-order chi connectivity index (χ1) is 12.9. The highest BCUT2D eigenvalue weighted by Gasteiger charge is 2.05. The van der Waals surface area contributed by atoms with Gasteiger partial charge in [0.05, 0.1) is 10.7 Å². The summed E-state index contributed by atoms with van der Waals surface area (Å²) in [5.74, 6) is 0.462. The molecular weight excluding hydrogens is 408 g/mol. The maximum absolute atomic E-state index is 11.9. The molecule has 0 aliphatic heterocycles. The van der Waals surface area contributed by atoms with Crippen LogP contribution in [0.1, 0.15) is 16.7 Å². The van der Waals surface area contributed by atoms with Crippen molar-refractivity contribution in [3.8, 4) is 11.5 Å². The number of nitrogens with zero attached hydrogens (tertiary/aromatic N) is 1. The molecule has 0 heterocycles. The van der Waals surface area contributed by atoms with Crippen molar-refractivity contribution in [1.82, 2.24) is 5.43 Å². The van der Waals surface area contributed by atoms with E-state index < -0.39 is 0 Å². The van der Waals surface area contributed by atoms with Crippen molar-refractivity contribution < 1.29 is 14.6 Å². The lowest BCUT2D eigenvalue weighted by Gasteiger charge is -2.07. The zero-order chi connectivity index (χ0) is 19.4. The van der Waals surface area contributed by atoms with Gasteiger partial charge in [0.1, 0.15) is 11.5 Å². The molecule has 0 bridgehead atoms.